The van der Waals surface area contributed by atoms with Gasteiger partial charge in [0.05, 0.1) is 10.4 Å². The molecule has 0 radical (unpaired) electrons. The van der Waals surface area contributed by atoms with Gasteiger partial charge in [-0.3, -0.25) is 9.55 Å². The van der Waals surface area contributed by atoms with Gasteiger partial charge in [0, 0.05) is 19.3 Å². The summed E-state index contributed by atoms with van der Waals surface area (Å²) in [4.78, 5) is 5.10. The van der Waals surface area contributed by atoms with E-state index in [-0.39, 0.29) is 0 Å². The molecule has 5 nitrogen and oxygen atoms in total. The average Bonchev–Trinajstić information content (AvgIpc) is 2.85. The molecule has 0 aromatic carbocycles. The van der Waals surface area contributed by atoms with Crippen LogP contribution in [0.3, 0.4) is 0 Å². The van der Waals surface area contributed by atoms with Gasteiger partial charge < -0.3 is 5.32 Å². The fourth-order valence-electron chi connectivity index (χ4n) is 1.40. The molecule has 2 rings (SSSR count). The highest BCUT2D eigenvalue weighted by Gasteiger charge is 2.12. The number of rotatable bonds is 4. The van der Waals surface area contributed by atoms with Crippen molar-refractivity contribution in [3.8, 4) is 10.7 Å². The zero-order valence-corrected chi connectivity index (χ0v) is 9.58. The fourth-order valence-corrected chi connectivity index (χ4v) is 2.01. The maximum atomic E-state index is 4.17. The smallest absolute Gasteiger partial charge is 0.224 e. The van der Waals surface area contributed by atoms with Crippen molar-refractivity contribution < 1.29 is 0 Å². The largest absolute Gasteiger partial charge is 0.355 e. The molecule has 2 aromatic rings. The van der Waals surface area contributed by atoms with Crippen LogP contribution >= 0.6 is 11.3 Å². The Balaban J connectivity index is 2.40. The molecule has 0 amide bonds. The van der Waals surface area contributed by atoms with E-state index in [4.69, 9.17) is 0 Å². The minimum Gasteiger partial charge on any atom is -0.355 e. The molecule has 0 aliphatic rings. The van der Waals surface area contributed by atoms with Crippen LogP contribution in [0.1, 0.15) is 13.8 Å². The molecule has 2 aromatic heterocycles. The first-order valence-corrected chi connectivity index (χ1v) is 5.80. The molecule has 6 heteroatoms. The Morgan fingerprint density at radius 1 is 1.40 bits per heavy atom. The highest BCUT2D eigenvalue weighted by atomic mass is 32.1. The molecule has 0 aliphatic carbocycles. The number of nitrogens with zero attached hydrogens (tertiary/aromatic N) is 4. The summed E-state index contributed by atoms with van der Waals surface area (Å²) in [5.41, 5.74) is 1.80. The second-order valence-electron chi connectivity index (χ2n) is 2.99. The third-order valence-corrected chi connectivity index (χ3v) is 2.82. The van der Waals surface area contributed by atoms with Gasteiger partial charge in [0.15, 0.2) is 5.82 Å². The van der Waals surface area contributed by atoms with E-state index in [0.717, 1.165) is 29.7 Å². The van der Waals surface area contributed by atoms with Crippen LogP contribution in [0.4, 0.5) is 5.95 Å². The molecule has 0 aliphatic heterocycles. The summed E-state index contributed by atoms with van der Waals surface area (Å²) in [6, 6.07) is 0. The second-order valence-corrected chi connectivity index (χ2v) is 3.87. The van der Waals surface area contributed by atoms with Crippen molar-refractivity contribution in [3.05, 3.63) is 11.7 Å². The number of anilines is 1. The molecule has 2 heterocycles. The van der Waals surface area contributed by atoms with Crippen LogP contribution in [0.15, 0.2) is 11.7 Å². The van der Waals surface area contributed by atoms with E-state index < -0.39 is 0 Å². The monoisotopic (exact) mass is 223 g/mol. The molecule has 0 fully saturated rings. The van der Waals surface area contributed by atoms with Crippen molar-refractivity contribution in [2.75, 3.05) is 11.9 Å². The van der Waals surface area contributed by atoms with Gasteiger partial charge in [0.25, 0.3) is 0 Å². The van der Waals surface area contributed by atoms with Crippen LogP contribution in [0.2, 0.25) is 0 Å². The minimum atomic E-state index is 0.823. The quantitative estimate of drug-likeness (QED) is 0.859. The summed E-state index contributed by atoms with van der Waals surface area (Å²) in [7, 11) is 0. The molecule has 80 valence electrons. The average molecular weight is 223 g/mol. The molecule has 1 N–H and O–H groups in total. The Kier molecular flexibility index (Phi) is 2.96. The van der Waals surface area contributed by atoms with Crippen molar-refractivity contribution in [1.29, 1.82) is 0 Å². The fraction of sp³-hybridized carbons (Fsp3) is 0.444. The van der Waals surface area contributed by atoms with Gasteiger partial charge >= 0.3 is 0 Å². The Morgan fingerprint density at radius 2 is 2.27 bits per heavy atom. The van der Waals surface area contributed by atoms with Gasteiger partial charge in [-0.05, 0) is 13.8 Å². The summed E-state index contributed by atoms with van der Waals surface area (Å²) >= 11 is 1.57. The molecule has 0 saturated heterocycles. The molecular formula is C9H13N5S. The lowest BCUT2D eigenvalue weighted by Gasteiger charge is -2.05. The molecule has 15 heavy (non-hydrogen) atoms. The maximum absolute atomic E-state index is 4.17. The Labute approximate surface area is 92.2 Å². The molecule has 0 bridgehead atoms. The molecular weight excluding hydrogens is 210 g/mol. The van der Waals surface area contributed by atoms with Gasteiger partial charge in [-0.25, -0.2) is 0 Å². The van der Waals surface area contributed by atoms with Gasteiger partial charge in [0.1, 0.15) is 0 Å². The number of nitrogens with one attached hydrogen (secondary N) is 1. The van der Waals surface area contributed by atoms with Crippen molar-refractivity contribution in [2.45, 2.75) is 20.4 Å². The van der Waals surface area contributed by atoms with E-state index in [1.54, 1.807) is 16.8 Å². The zero-order valence-electron chi connectivity index (χ0n) is 8.77. The lowest BCUT2D eigenvalue weighted by atomic mass is 10.5. The van der Waals surface area contributed by atoms with Crippen LogP contribution < -0.4 is 5.32 Å². The molecule has 0 atom stereocenters. The Hall–Kier alpha value is -1.43. The topological polar surface area (TPSA) is 55.6 Å². The van der Waals surface area contributed by atoms with E-state index in [2.05, 4.69) is 32.0 Å². The minimum absolute atomic E-state index is 0.823. The summed E-state index contributed by atoms with van der Waals surface area (Å²) < 4.78 is 2.05. The number of hydrogen-bond donors (Lipinski definition) is 1. The van der Waals surface area contributed by atoms with Crippen LogP contribution in [0, 0.1) is 0 Å². The van der Waals surface area contributed by atoms with Crippen molar-refractivity contribution in [3.63, 3.8) is 0 Å². The lowest BCUT2D eigenvalue weighted by Crippen LogP contribution is -2.06. The van der Waals surface area contributed by atoms with E-state index in [0.29, 0.717) is 0 Å². The standard InChI is InChI=1S/C9H13N5S/c1-3-11-9-13-12-8(14(9)4-2)7-5-10-6-15-7/h5-6H,3-4H2,1-2H3,(H,11,13). The lowest BCUT2D eigenvalue weighted by molar-refractivity contribution is 0.771. The van der Waals surface area contributed by atoms with Crippen molar-refractivity contribution >= 4 is 17.3 Å². The first kappa shape index (κ1) is 10.1. The zero-order chi connectivity index (χ0) is 10.7. The van der Waals surface area contributed by atoms with Crippen LogP contribution in [-0.4, -0.2) is 26.3 Å². The SMILES string of the molecule is CCNc1nnc(-c2cncs2)n1CC. The predicted octanol–water partition coefficient (Wildman–Crippen LogP) is 1.85. The summed E-state index contributed by atoms with van der Waals surface area (Å²) in [6.45, 7) is 5.82. The Morgan fingerprint density at radius 3 is 2.87 bits per heavy atom. The summed E-state index contributed by atoms with van der Waals surface area (Å²) in [5, 5.41) is 11.5. The van der Waals surface area contributed by atoms with Crippen molar-refractivity contribution in [1.82, 2.24) is 19.7 Å². The van der Waals surface area contributed by atoms with E-state index in [1.165, 1.54) is 0 Å². The van der Waals surface area contributed by atoms with Crippen LogP contribution in [0.5, 0.6) is 0 Å². The number of thiazole rings is 1. The first-order valence-electron chi connectivity index (χ1n) is 4.92. The summed E-state index contributed by atoms with van der Waals surface area (Å²) in [5.74, 6) is 1.71. The third kappa shape index (κ3) is 1.85. The van der Waals surface area contributed by atoms with Gasteiger partial charge in [-0.1, -0.05) is 0 Å². The van der Waals surface area contributed by atoms with Crippen LogP contribution in [-0.2, 0) is 6.54 Å². The third-order valence-electron chi connectivity index (χ3n) is 2.05. The maximum Gasteiger partial charge on any atom is 0.224 e. The van der Waals surface area contributed by atoms with E-state index in [1.807, 2.05) is 13.1 Å². The predicted molar refractivity (Wildman–Crippen MR) is 61.0 cm³/mol. The molecule has 0 unspecified atom stereocenters. The Bertz CT molecular complexity index is 420. The highest BCUT2D eigenvalue weighted by Crippen LogP contribution is 2.23. The first-order chi connectivity index (χ1) is 7.36. The van der Waals surface area contributed by atoms with E-state index in [9.17, 15) is 0 Å². The summed E-state index contributed by atoms with van der Waals surface area (Å²) in [6.07, 6.45) is 1.82. The number of aromatic nitrogens is 4. The normalized spacial score (nSPS) is 10.5. The van der Waals surface area contributed by atoms with Gasteiger partial charge in [0.2, 0.25) is 5.95 Å². The second kappa shape index (κ2) is 4.39. The van der Waals surface area contributed by atoms with Crippen molar-refractivity contribution in [2.24, 2.45) is 0 Å². The van der Waals surface area contributed by atoms with Gasteiger partial charge in [-0.2, -0.15) is 0 Å². The van der Waals surface area contributed by atoms with Gasteiger partial charge in [-0.15, -0.1) is 21.5 Å². The van der Waals surface area contributed by atoms with Crippen LogP contribution in [0.25, 0.3) is 10.7 Å². The van der Waals surface area contributed by atoms with E-state index >= 15 is 0 Å². The molecule has 0 saturated carbocycles. The highest BCUT2D eigenvalue weighted by molar-refractivity contribution is 7.13. The molecule has 0 spiro atoms. The number of hydrogen-bond acceptors (Lipinski definition) is 5.